The summed E-state index contributed by atoms with van der Waals surface area (Å²) in [5.74, 6) is 1.82. The van der Waals surface area contributed by atoms with Crippen LogP contribution in [0.5, 0.6) is 11.5 Å². The van der Waals surface area contributed by atoms with Crippen molar-refractivity contribution >= 4 is 5.91 Å². The summed E-state index contributed by atoms with van der Waals surface area (Å²) < 4.78 is 21.8. The van der Waals surface area contributed by atoms with Crippen LogP contribution in [0.3, 0.4) is 0 Å². The number of benzene rings is 1. The first-order valence-corrected chi connectivity index (χ1v) is 10.6. The summed E-state index contributed by atoms with van der Waals surface area (Å²) in [6, 6.07) is 6.24. The third-order valence-electron chi connectivity index (χ3n) is 5.32. The van der Waals surface area contributed by atoms with E-state index in [9.17, 15) is 4.79 Å². The minimum atomic E-state index is 0.0860. The molecule has 1 saturated heterocycles. The molecule has 1 amide bonds. The summed E-state index contributed by atoms with van der Waals surface area (Å²) in [5, 5.41) is 3.36. The van der Waals surface area contributed by atoms with Gasteiger partial charge in [0.2, 0.25) is 5.91 Å². The van der Waals surface area contributed by atoms with Crippen molar-refractivity contribution in [2.75, 3.05) is 53.7 Å². The maximum Gasteiger partial charge on any atom is 0.227 e. The fourth-order valence-corrected chi connectivity index (χ4v) is 3.64. The maximum absolute atomic E-state index is 13.2. The van der Waals surface area contributed by atoms with E-state index in [1.807, 2.05) is 18.2 Å². The minimum Gasteiger partial charge on any atom is -0.491 e. The third kappa shape index (κ3) is 6.87. The Morgan fingerprint density at radius 1 is 1.00 bits per heavy atom. The van der Waals surface area contributed by atoms with Crippen molar-refractivity contribution < 1.29 is 23.7 Å². The molecule has 1 aromatic rings. The van der Waals surface area contributed by atoms with Crippen LogP contribution in [0.1, 0.15) is 31.2 Å². The molecule has 0 spiro atoms. The van der Waals surface area contributed by atoms with E-state index < -0.39 is 0 Å². The van der Waals surface area contributed by atoms with E-state index in [2.05, 4.69) is 10.2 Å². The Labute approximate surface area is 173 Å². The van der Waals surface area contributed by atoms with Gasteiger partial charge >= 0.3 is 0 Å². The molecule has 2 fully saturated rings. The lowest BCUT2D eigenvalue weighted by Crippen LogP contribution is -2.43. The molecule has 29 heavy (non-hydrogen) atoms. The molecule has 1 aliphatic carbocycles. The summed E-state index contributed by atoms with van der Waals surface area (Å²) in [4.78, 5) is 15.2. The average Bonchev–Trinajstić information content (AvgIpc) is 3.58. The molecule has 1 N–H and O–H groups in total. The van der Waals surface area contributed by atoms with Gasteiger partial charge in [0.25, 0.3) is 0 Å². The number of rotatable bonds is 12. The third-order valence-corrected chi connectivity index (χ3v) is 5.32. The smallest absolute Gasteiger partial charge is 0.227 e. The van der Waals surface area contributed by atoms with Crippen molar-refractivity contribution in [3.05, 3.63) is 23.8 Å². The Hall–Kier alpha value is -1.83. The molecular formula is C22H34N2O5. The van der Waals surface area contributed by atoms with Gasteiger partial charge in [-0.15, -0.1) is 0 Å². The van der Waals surface area contributed by atoms with Gasteiger partial charge in [-0.25, -0.2) is 0 Å². The predicted molar refractivity (Wildman–Crippen MR) is 110 cm³/mol. The number of methoxy groups -OCH3 is 2. The molecule has 3 rings (SSSR count). The van der Waals surface area contributed by atoms with Gasteiger partial charge in [-0.1, -0.05) is 0 Å². The van der Waals surface area contributed by atoms with Crippen LogP contribution >= 0.6 is 0 Å². The second-order valence-corrected chi connectivity index (χ2v) is 7.74. The number of piperidine rings is 1. The molecule has 0 bridgehead atoms. The number of ether oxygens (including phenoxy) is 4. The highest BCUT2D eigenvalue weighted by Crippen LogP contribution is 2.32. The second-order valence-electron chi connectivity index (χ2n) is 7.74. The number of amides is 1. The van der Waals surface area contributed by atoms with Crippen LogP contribution < -0.4 is 14.8 Å². The van der Waals surface area contributed by atoms with Crippen LogP contribution in [0, 0.1) is 5.92 Å². The number of hydrogen-bond acceptors (Lipinski definition) is 6. The zero-order valence-corrected chi connectivity index (χ0v) is 17.7. The molecular weight excluding hydrogens is 372 g/mol. The molecule has 1 heterocycles. The number of carbonyl (C=O) groups excluding carboxylic acids is 1. The molecule has 2 aliphatic rings. The van der Waals surface area contributed by atoms with Crippen molar-refractivity contribution in [3.63, 3.8) is 0 Å². The molecule has 1 saturated carbocycles. The molecule has 7 heteroatoms. The molecule has 1 aliphatic heterocycles. The monoisotopic (exact) mass is 406 g/mol. The normalized spacial score (nSPS) is 19.0. The van der Waals surface area contributed by atoms with Gasteiger partial charge in [-0.2, -0.15) is 0 Å². The Balaban J connectivity index is 1.71. The first-order valence-electron chi connectivity index (χ1n) is 10.6. The number of hydrogen-bond donors (Lipinski definition) is 1. The first kappa shape index (κ1) is 21.9. The van der Waals surface area contributed by atoms with E-state index in [0.717, 1.165) is 55.8 Å². The fourth-order valence-electron chi connectivity index (χ4n) is 3.64. The Morgan fingerprint density at radius 2 is 1.66 bits per heavy atom. The molecule has 1 atom stereocenters. The van der Waals surface area contributed by atoms with Crippen LogP contribution in [0.2, 0.25) is 0 Å². The van der Waals surface area contributed by atoms with Crippen LogP contribution in [0.15, 0.2) is 18.2 Å². The van der Waals surface area contributed by atoms with Crippen LogP contribution in [0.4, 0.5) is 0 Å². The first-order chi connectivity index (χ1) is 14.2. The highest BCUT2D eigenvalue weighted by atomic mass is 16.5. The SMILES string of the molecule is COCCOc1cc(CN(C(=O)C2CCCNC2)C2CC2)cc(OCCOC)c1. The fraction of sp³-hybridized carbons (Fsp3) is 0.682. The number of nitrogens with one attached hydrogen (secondary N) is 1. The van der Waals surface area contributed by atoms with E-state index >= 15 is 0 Å². The predicted octanol–water partition coefficient (Wildman–Crippen LogP) is 2.23. The van der Waals surface area contributed by atoms with Crippen molar-refractivity contribution in [1.29, 1.82) is 0 Å². The van der Waals surface area contributed by atoms with Crippen molar-refractivity contribution in [2.45, 2.75) is 38.3 Å². The Bertz CT molecular complexity index is 616. The van der Waals surface area contributed by atoms with Crippen molar-refractivity contribution in [1.82, 2.24) is 10.2 Å². The summed E-state index contributed by atoms with van der Waals surface area (Å²) in [5.41, 5.74) is 1.02. The Kier molecular flexibility index (Phi) is 8.58. The quantitative estimate of drug-likeness (QED) is 0.537. The highest BCUT2D eigenvalue weighted by Gasteiger charge is 2.36. The number of nitrogens with zero attached hydrogens (tertiary/aromatic N) is 1. The lowest BCUT2D eigenvalue weighted by atomic mass is 9.97. The molecule has 0 aromatic heterocycles. The van der Waals surface area contributed by atoms with E-state index in [1.165, 1.54) is 0 Å². The van der Waals surface area contributed by atoms with Crippen LogP contribution in [-0.4, -0.2) is 70.6 Å². The summed E-state index contributed by atoms with van der Waals surface area (Å²) in [6.07, 6.45) is 4.22. The van der Waals surface area contributed by atoms with Crippen LogP contribution in [0.25, 0.3) is 0 Å². The van der Waals surface area contributed by atoms with Gasteiger partial charge in [0, 0.05) is 39.4 Å². The van der Waals surface area contributed by atoms with Gasteiger partial charge in [-0.05, 0) is 49.9 Å². The summed E-state index contributed by atoms with van der Waals surface area (Å²) >= 11 is 0. The lowest BCUT2D eigenvalue weighted by molar-refractivity contribution is -0.137. The molecule has 7 nitrogen and oxygen atoms in total. The molecule has 1 aromatic carbocycles. The van der Waals surface area contributed by atoms with Gasteiger partial charge in [-0.3, -0.25) is 4.79 Å². The van der Waals surface area contributed by atoms with Gasteiger partial charge in [0.05, 0.1) is 19.1 Å². The van der Waals surface area contributed by atoms with Gasteiger partial charge < -0.3 is 29.2 Å². The molecule has 0 radical (unpaired) electrons. The number of carbonyl (C=O) groups is 1. The van der Waals surface area contributed by atoms with Gasteiger partial charge in [0.15, 0.2) is 0 Å². The summed E-state index contributed by atoms with van der Waals surface area (Å²) in [7, 11) is 3.30. The van der Waals surface area contributed by atoms with Gasteiger partial charge in [0.1, 0.15) is 24.7 Å². The maximum atomic E-state index is 13.2. The zero-order valence-electron chi connectivity index (χ0n) is 17.7. The Morgan fingerprint density at radius 3 is 2.17 bits per heavy atom. The van der Waals surface area contributed by atoms with Crippen LogP contribution in [-0.2, 0) is 20.8 Å². The van der Waals surface area contributed by atoms with E-state index in [0.29, 0.717) is 39.0 Å². The standard InChI is InChI=1S/C22H34N2O5/c1-26-8-10-28-20-12-17(13-21(14-20)29-11-9-27-2)16-24(19-5-6-19)22(25)18-4-3-7-23-15-18/h12-14,18-19,23H,3-11,15-16H2,1-2H3. The second kappa shape index (κ2) is 11.4. The zero-order chi connectivity index (χ0) is 20.5. The van der Waals surface area contributed by atoms with Crippen molar-refractivity contribution in [3.8, 4) is 11.5 Å². The lowest BCUT2D eigenvalue weighted by Gasteiger charge is -2.30. The van der Waals surface area contributed by atoms with E-state index in [4.69, 9.17) is 18.9 Å². The van der Waals surface area contributed by atoms with E-state index in [-0.39, 0.29) is 11.8 Å². The largest absolute Gasteiger partial charge is 0.491 e. The minimum absolute atomic E-state index is 0.0860. The molecule has 162 valence electrons. The van der Waals surface area contributed by atoms with Crippen molar-refractivity contribution in [2.24, 2.45) is 5.92 Å². The highest BCUT2D eigenvalue weighted by molar-refractivity contribution is 5.80. The average molecular weight is 407 g/mol. The summed E-state index contributed by atoms with van der Waals surface area (Å²) in [6.45, 7) is 4.36. The topological polar surface area (TPSA) is 69.3 Å². The van der Waals surface area contributed by atoms with E-state index in [1.54, 1.807) is 14.2 Å². The molecule has 1 unspecified atom stereocenters.